The maximum atomic E-state index is 15.0. The van der Waals surface area contributed by atoms with Gasteiger partial charge in [0.25, 0.3) is 5.56 Å². The highest BCUT2D eigenvalue weighted by atomic mass is 32.1. The number of amides is 2. The number of thiophene rings is 1. The second kappa shape index (κ2) is 15.5. The number of hydrogen-bond donors (Lipinski definition) is 4. The SMILES string of the molecule is CCNC(=O)Nc1ccc(-c2sc3c(c2CN(C)CC[NH2+]/C=N\N=N)c(=O)n(-c2ccccc2)c(=O)n3Cc2c(F)cccc2F)cc1. The third-order valence-corrected chi connectivity index (χ3v) is 8.85. The predicted octanol–water partition coefficient (Wildman–Crippen LogP) is 4.32. The van der Waals surface area contributed by atoms with Crippen molar-refractivity contribution in [2.45, 2.75) is 20.0 Å². The number of nitrogens with one attached hydrogen (secondary N) is 3. The van der Waals surface area contributed by atoms with Crippen molar-refractivity contribution >= 4 is 39.6 Å². The Morgan fingerprint density at radius 1 is 1.02 bits per heavy atom. The number of anilines is 1. The van der Waals surface area contributed by atoms with Crippen LogP contribution in [0.25, 0.3) is 26.3 Å². The van der Waals surface area contributed by atoms with E-state index in [9.17, 15) is 23.2 Å². The maximum absolute atomic E-state index is 15.0. The zero-order valence-electron chi connectivity index (χ0n) is 26.2. The molecule has 0 saturated carbocycles. The molecule has 15 heteroatoms. The summed E-state index contributed by atoms with van der Waals surface area (Å²) in [4.78, 5) is 43.6. The smallest absolute Gasteiger partial charge is 0.337 e. The molecule has 248 valence electrons. The normalized spacial score (nSPS) is 11.4. The van der Waals surface area contributed by atoms with E-state index >= 15 is 0 Å². The minimum Gasteiger partial charge on any atom is -0.338 e. The molecule has 0 radical (unpaired) electrons. The van der Waals surface area contributed by atoms with Gasteiger partial charge < -0.3 is 16.0 Å². The second-order valence-electron chi connectivity index (χ2n) is 10.8. The van der Waals surface area contributed by atoms with Crippen molar-refractivity contribution in [1.29, 1.82) is 5.53 Å². The van der Waals surface area contributed by atoms with Crippen LogP contribution in [0.1, 0.15) is 18.1 Å². The van der Waals surface area contributed by atoms with Gasteiger partial charge in [-0.05, 0) is 66.7 Å². The van der Waals surface area contributed by atoms with Gasteiger partial charge in [0.2, 0.25) is 6.34 Å². The fraction of sp³-hybridized carbons (Fsp3) is 0.212. The summed E-state index contributed by atoms with van der Waals surface area (Å²) in [5.41, 5.74) is 7.45. The molecule has 2 amide bonds. The molecule has 48 heavy (non-hydrogen) atoms. The van der Waals surface area contributed by atoms with Gasteiger partial charge in [-0.2, -0.15) is 5.53 Å². The first-order valence-electron chi connectivity index (χ1n) is 15.1. The molecule has 2 aromatic heterocycles. The van der Waals surface area contributed by atoms with Crippen LogP contribution in [-0.2, 0) is 13.1 Å². The lowest BCUT2D eigenvalue weighted by Gasteiger charge is -2.17. The average molecular weight is 675 g/mol. The first-order valence-corrected chi connectivity index (χ1v) is 15.9. The van der Waals surface area contributed by atoms with Gasteiger partial charge in [-0.3, -0.25) is 14.3 Å². The highest BCUT2D eigenvalue weighted by molar-refractivity contribution is 7.22. The summed E-state index contributed by atoms with van der Waals surface area (Å²) in [6.07, 6.45) is 1.43. The molecule has 2 heterocycles. The number of carbonyl (C=O) groups excluding carboxylic acids is 1. The monoisotopic (exact) mass is 674 g/mol. The summed E-state index contributed by atoms with van der Waals surface area (Å²) >= 11 is 1.19. The van der Waals surface area contributed by atoms with Gasteiger partial charge in [-0.15, -0.1) is 11.3 Å². The summed E-state index contributed by atoms with van der Waals surface area (Å²) in [6.45, 7) is 3.26. The van der Waals surface area contributed by atoms with Gasteiger partial charge >= 0.3 is 11.7 Å². The van der Waals surface area contributed by atoms with E-state index in [4.69, 9.17) is 5.53 Å². The van der Waals surface area contributed by atoms with Gasteiger partial charge in [-0.25, -0.2) is 22.9 Å². The van der Waals surface area contributed by atoms with Crippen LogP contribution in [0.2, 0.25) is 0 Å². The van der Waals surface area contributed by atoms with Gasteiger partial charge in [0.15, 0.2) is 0 Å². The van der Waals surface area contributed by atoms with E-state index in [1.807, 2.05) is 18.9 Å². The Labute approximate surface area is 277 Å². The number of carbonyl (C=O) groups is 1. The van der Waals surface area contributed by atoms with E-state index in [0.29, 0.717) is 48.0 Å². The topological polar surface area (TPSA) is 154 Å². The Bertz CT molecular complexity index is 2060. The van der Waals surface area contributed by atoms with Gasteiger partial charge in [0, 0.05) is 35.8 Å². The van der Waals surface area contributed by atoms with Crippen molar-refractivity contribution in [3.05, 3.63) is 116 Å². The minimum atomic E-state index is -0.808. The number of likely N-dealkylation sites (N-methyl/N-ethyl adjacent to an activating group) is 1. The number of para-hydroxylation sites is 1. The summed E-state index contributed by atoms with van der Waals surface area (Å²) in [5.74, 6) is -1.62. The van der Waals surface area contributed by atoms with Crippen molar-refractivity contribution in [3.63, 3.8) is 0 Å². The molecule has 0 spiro atoms. The van der Waals surface area contributed by atoms with Crippen molar-refractivity contribution in [2.24, 2.45) is 10.3 Å². The quantitative estimate of drug-likeness (QED) is 0.0483. The van der Waals surface area contributed by atoms with E-state index in [2.05, 4.69) is 21.0 Å². The molecule has 3 aromatic carbocycles. The average Bonchev–Trinajstić information content (AvgIpc) is 3.44. The van der Waals surface area contributed by atoms with Crippen LogP contribution in [0.15, 0.2) is 92.7 Å². The third-order valence-electron chi connectivity index (χ3n) is 7.54. The molecule has 5 N–H and O–H groups in total. The van der Waals surface area contributed by atoms with Crippen molar-refractivity contribution in [1.82, 2.24) is 19.4 Å². The summed E-state index contributed by atoms with van der Waals surface area (Å²) in [6, 6.07) is 18.7. The number of quaternary nitrogens is 1. The number of aromatic nitrogens is 2. The minimum absolute atomic E-state index is 0.255. The van der Waals surface area contributed by atoms with Crippen molar-refractivity contribution in [2.75, 3.05) is 32.0 Å². The largest absolute Gasteiger partial charge is 0.338 e. The van der Waals surface area contributed by atoms with Gasteiger partial charge in [0.1, 0.15) is 16.5 Å². The van der Waals surface area contributed by atoms with Crippen LogP contribution >= 0.6 is 11.3 Å². The summed E-state index contributed by atoms with van der Waals surface area (Å²) < 4.78 is 32.2. The van der Waals surface area contributed by atoms with Gasteiger partial charge in [0.05, 0.1) is 24.2 Å². The molecule has 0 bridgehead atoms. The number of fused-ring (bicyclic) bond motifs is 1. The molecule has 12 nitrogen and oxygen atoms in total. The number of benzene rings is 3. The number of nitrogens with two attached hydrogens (primary N) is 1. The molecular formula is C33H34F2N9O3S+. The highest BCUT2D eigenvalue weighted by Gasteiger charge is 2.25. The van der Waals surface area contributed by atoms with Gasteiger partial charge in [-0.1, -0.05) is 41.5 Å². The number of nitrogens with zero attached hydrogens (tertiary/aromatic N) is 5. The lowest BCUT2D eigenvalue weighted by molar-refractivity contribution is -0.530. The van der Waals surface area contributed by atoms with E-state index in [1.165, 1.54) is 28.3 Å². The molecule has 5 rings (SSSR count). The lowest BCUT2D eigenvalue weighted by atomic mass is 10.1. The van der Waals surface area contributed by atoms with Crippen LogP contribution < -0.4 is 27.2 Å². The van der Waals surface area contributed by atoms with Crippen LogP contribution in [0.3, 0.4) is 0 Å². The van der Waals surface area contributed by atoms with Crippen LogP contribution in [-0.4, -0.2) is 53.1 Å². The predicted molar refractivity (Wildman–Crippen MR) is 182 cm³/mol. The van der Waals surface area contributed by atoms with Crippen LogP contribution in [0.4, 0.5) is 19.3 Å². The molecular weight excluding hydrogens is 640 g/mol. The fourth-order valence-corrected chi connectivity index (χ4v) is 6.58. The van der Waals surface area contributed by atoms with Crippen LogP contribution in [0.5, 0.6) is 0 Å². The number of rotatable bonds is 13. The molecule has 0 aliphatic heterocycles. The standard InChI is InChI=1S/C33H33F2N9O3S/c1-3-38-32(46)40-22-14-12-21(13-15-22)29-25(18-42(2)17-16-37-20-39-41-36)28-30(45)44(23-8-5-4-6-9-23)33(47)43(31(28)48-29)19-24-26(34)10-7-11-27(24)35/h4-15,20H,3,16-19H2,1-2H3,(H2,36,37,39)(H2,38,40,46)/p+1. The number of halogens is 2. The van der Waals surface area contributed by atoms with E-state index in [0.717, 1.165) is 22.3 Å². The van der Waals surface area contributed by atoms with E-state index < -0.39 is 29.4 Å². The van der Waals surface area contributed by atoms with E-state index in [-0.39, 0.29) is 21.8 Å². The Kier molecular flexibility index (Phi) is 10.9. The molecule has 0 saturated heterocycles. The number of hydrogen-bond acceptors (Lipinski definition) is 7. The molecule has 0 atom stereocenters. The Hall–Kier alpha value is -5.38. The number of urea groups is 1. The molecule has 5 aromatic rings. The zero-order chi connectivity index (χ0) is 34.2. The fourth-order valence-electron chi connectivity index (χ4n) is 5.28. The maximum Gasteiger partial charge on any atom is 0.337 e. The molecule has 0 aliphatic carbocycles. The third kappa shape index (κ3) is 7.43. The molecule has 0 unspecified atom stereocenters. The molecule has 0 aliphatic rings. The Balaban J connectivity index is 1.73. The second-order valence-corrected chi connectivity index (χ2v) is 11.8. The zero-order valence-corrected chi connectivity index (χ0v) is 27.1. The molecule has 0 fully saturated rings. The van der Waals surface area contributed by atoms with Crippen molar-refractivity contribution in [3.8, 4) is 16.1 Å². The Morgan fingerprint density at radius 3 is 2.40 bits per heavy atom. The van der Waals surface area contributed by atoms with Crippen LogP contribution in [0, 0.1) is 17.2 Å². The van der Waals surface area contributed by atoms with Crippen molar-refractivity contribution < 1.29 is 18.9 Å². The van der Waals surface area contributed by atoms with E-state index in [1.54, 1.807) is 59.9 Å². The Morgan fingerprint density at radius 2 is 1.73 bits per heavy atom. The lowest BCUT2D eigenvalue weighted by Crippen LogP contribution is -2.84. The highest BCUT2D eigenvalue weighted by Crippen LogP contribution is 2.38. The first-order chi connectivity index (χ1) is 23.2. The summed E-state index contributed by atoms with van der Waals surface area (Å²) in [5, 5.41) is 14.0. The summed E-state index contributed by atoms with van der Waals surface area (Å²) in [7, 11) is 1.88. The first kappa shape index (κ1) is 34.0.